The molecule has 4 nitrogen and oxygen atoms in total. The van der Waals surface area contributed by atoms with Gasteiger partial charge in [0.2, 0.25) is 5.91 Å². The average molecular weight is 301 g/mol. The average Bonchev–Trinajstić information content (AvgIpc) is 2.83. The Kier molecular flexibility index (Phi) is 4.33. The molecule has 1 N–H and O–H groups in total. The van der Waals surface area contributed by atoms with Crippen LogP contribution in [0.5, 0.6) is 0 Å². The molecule has 0 spiro atoms. The minimum atomic E-state index is -1.61. The predicted molar refractivity (Wildman–Crippen MR) is 68.9 cm³/mol. The largest absolute Gasteiger partial charge is 0.329 e. The van der Waals surface area contributed by atoms with Crippen molar-refractivity contribution in [2.75, 3.05) is 11.1 Å². The first-order valence-corrected chi connectivity index (χ1v) is 6.51. The molecule has 1 heterocycles. The molecule has 0 bridgehead atoms. The van der Waals surface area contributed by atoms with Gasteiger partial charge in [0.25, 0.3) is 0 Å². The zero-order valence-corrected chi connectivity index (χ0v) is 11.2. The molecule has 0 fully saturated rings. The summed E-state index contributed by atoms with van der Waals surface area (Å²) in [7, 11) is 1.77. The van der Waals surface area contributed by atoms with Crippen molar-refractivity contribution < 1.29 is 18.0 Å². The Morgan fingerprint density at radius 2 is 2.10 bits per heavy atom. The van der Waals surface area contributed by atoms with Gasteiger partial charge < -0.3 is 9.88 Å². The number of aryl methyl sites for hydroxylation is 1. The summed E-state index contributed by atoms with van der Waals surface area (Å²) in [6, 6.07) is 1.72. The first-order chi connectivity index (χ1) is 9.49. The number of aromatic nitrogens is 2. The second-order valence-corrected chi connectivity index (χ2v) is 4.82. The molecule has 1 aromatic carbocycles. The van der Waals surface area contributed by atoms with Crippen LogP contribution < -0.4 is 5.32 Å². The molecule has 0 aliphatic rings. The van der Waals surface area contributed by atoms with E-state index in [1.165, 1.54) is 0 Å². The van der Waals surface area contributed by atoms with E-state index >= 15 is 0 Å². The predicted octanol–water partition coefficient (Wildman–Crippen LogP) is 2.57. The molecule has 1 aromatic heterocycles. The zero-order chi connectivity index (χ0) is 14.7. The molecular formula is C12H10F3N3OS. The van der Waals surface area contributed by atoms with Gasteiger partial charge in [0, 0.05) is 19.4 Å². The lowest BCUT2D eigenvalue weighted by atomic mass is 10.3. The van der Waals surface area contributed by atoms with Crippen LogP contribution in [0.3, 0.4) is 0 Å². The van der Waals surface area contributed by atoms with E-state index in [4.69, 9.17) is 0 Å². The third kappa shape index (κ3) is 3.13. The molecule has 0 aliphatic carbocycles. The third-order valence-corrected chi connectivity index (χ3v) is 3.48. The van der Waals surface area contributed by atoms with E-state index in [1.54, 1.807) is 24.0 Å². The highest BCUT2D eigenvalue weighted by Gasteiger charge is 2.15. The molecule has 2 rings (SSSR count). The van der Waals surface area contributed by atoms with Crippen molar-refractivity contribution >= 4 is 23.4 Å². The van der Waals surface area contributed by atoms with Crippen LogP contribution in [0.1, 0.15) is 0 Å². The van der Waals surface area contributed by atoms with E-state index in [0.29, 0.717) is 5.16 Å². The minimum Gasteiger partial charge on any atom is -0.329 e. The summed E-state index contributed by atoms with van der Waals surface area (Å²) in [4.78, 5) is 15.6. The van der Waals surface area contributed by atoms with E-state index in [0.717, 1.165) is 23.9 Å². The lowest BCUT2D eigenvalue weighted by Crippen LogP contribution is -2.16. The Morgan fingerprint density at radius 3 is 2.75 bits per heavy atom. The Bertz CT molecular complexity index is 645. The number of nitrogens with zero attached hydrogens (tertiary/aromatic N) is 2. The molecule has 0 aliphatic heterocycles. The molecule has 1 amide bonds. The fraction of sp³-hybridized carbons (Fsp3) is 0.167. The van der Waals surface area contributed by atoms with Crippen LogP contribution in [0, 0.1) is 17.5 Å². The van der Waals surface area contributed by atoms with Gasteiger partial charge in [-0.25, -0.2) is 18.2 Å². The SMILES string of the molecule is Cn1ccnc1SCC(=O)Nc1ccc(F)c(F)c1F. The molecule has 0 saturated heterocycles. The molecule has 0 atom stereocenters. The summed E-state index contributed by atoms with van der Waals surface area (Å²) in [5.74, 6) is -4.89. The van der Waals surface area contributed by atoms with E-state index in [2.05, 4.69) is 10.3 Å². The number of amides is 1. The van der Waals surface area contributed by atoms with Gasteiger partial charge in [0.1, 0.15) is 0 Å². The lowest BCUT2D eigenvalue weighted by Gasteiger charge is -2.07. The molecular weight excluding hydrogens is 291 g/mol. The Labute approximate surface area is 117 Å². The smallest absolute Gasteiger partial charge is 0.234 e. The first kappa shape index (κ1) is 14.4. The highest BCUT2D eigenvalue weighted by atomic mass is 32.2. The van der Waals surface area contributed by atoms with Gasteiger partial charge in [-0.1, -0.05) is 11.8 Å². The van der Waals surface area contributed by atoms with Crippen LogP contribution in [-0.4, -0.2) is 21.2 Å². The van der Waals surface area contributed by atoms with Gasteiger partial charge in [-0.05, 0) is 12.1 Å². The highest BCUT2D eigenvalue weighted by molar-refractivity contribution is 7.99. The third-order valence-electron chi connectivity index (χ3n) is 2.42. The molecule has 106 valence electrons. The number of nitrogens with one attached hydrogen (secondary N) is 1. The summed E-state index contributed by atoms with van der Waals surface area (Å²) in [6.45, 7) is 0. The van der Waals surface area contributed by atoms with Crippen molar-refractivity contribution in [1.29, 1.82) is 0 Å². The first-order valence-electron chi connectivity index (χ1n) is 5.52. The number of carbonyl (C=O) groups excluding carboxylic acids is 1. The summed E-state index contributed by atoms with van der Waals surface area (Å²) < 4.78 is 40.8. The van der Waals surface area contributed by atoms with Crippen molar-refractivity contribution in [3.8, 4) is 0 Å². The number of rotatable bonds is 4. The molecule has 0 unspecified atom stereocenters. The summed E-state index contributed by atoms with van der Waals surface area (Å²) in [5, 5.41) is 2.80. The van der Waals surface area contributed by atoms with Crippen LogP contribution in [0.2, 0.25) is 0 Å². The number of benzene rings is 1. The van der Waals surface area contributed by atoms with Crippen molar-refractivity contribution in [3.05, 3.63) is 42.0 Å². The normalized spacial score (nSPS) is 10.6. The fourth-order valence-electron chi connectivity index (χ4n) is 1.43. The number of carbonyl (C=O) groups is 1. The van der Waals surface area contributed by atoms with E-state index in [-0.39, 0.29) is 5.75 Å². The summed E-state index contributed by atoms with van der Waals surface area (Å²) in [5.41, 5.74) is -0.394. The Hall–Kier alpha value is -1.96. The van der Waals surface area contributed by atoms with Gasteiger partial charge in [-0.15, -0.1) is 0 Å². The van der Waals surface area contributed by atoms with Crippen molar-refractivity contribution in [1.82, 2.24) is 9.55 Å². The molecule has 8 heteroatoms. The van der Waals surface area contributed by atoms with Crippen molar-refractivity contribution in [2.24, 2.45) is 7.05 Å². The monoisotopic (exact) mass is 301 g/mol. The van der Waals surface area contributed by atoms with E-state index < -0.39 is 29.0 Å². The van der Waals surface area contributed by atoms with Crippen LogP contribution in [0.4, 0.5) is 18.9 Å². The molecule has 0 saturated carbocycles. The lowest BCUT2D eigenvalue weighted by molar-refractivity contribution is -0.113. The van der Waals surface area contributed by atoms with Gasteiger partial charge in [0.05, 0.1) is 11.4 Å². The molecule has 0 radical (unpaired) electrons. The summed E-state index contributed by atoms with van der Waals surface area (Å²) >= 11 is 1.14. The minimum absolute atomic E-state index is 0.0245. The summed E-state index contributed by atoms with van der Waals surface area (Å²) in [6.07, 6.45) is 3.30. The number of thioether (sulfide) groups is 1. The van der Waals surface area contributed by atoms with Gasteiger partial charge >= 0.3 is 0 Å². The van der Waals surface area contributed by atoms with Gasteiger partial charge in [-0.2, -0.15) is 0 Å². The topological polar surface area (TPSA) is 46.9 Å². The van der Waals surface area contributed by atoms with Crippen molar-refractivity contribution in [2.45, 2.75) is 5.16 Å². The second kappa shape index (κ2) is 6.00. The second-order valence-electron chi connectivity index (χ2n) is 3.88. The van der Waals surface area contributed by atoms with E-state index in [1.807, 2.05) is 0 Å². The van der Waals surface area contributed by atoms with Gasteiger partial charge in [-0.3, -0.25) is 4.79 Å². The number of halogens is 3. The standard InChI is InChI=1S/C12H10F3N3OS/c1-18-5-4-16-12(18)20-6-9(19)17-8-3-2-7(13)10(14)11(8)15/h2-5H,6H2,1H3,(H,17,19). The number of hydrogen-bond donors (Lipinski definition) is 1. The van der Waals surface area contributed by atoms with Crippen LogP contribution in [-0.2, 0) is 11.8 Å². The maximum absolute atomic E-state index is 13.3. The number of anilines is 1. The molecule has 2 aromatic rings. The van der Waals surface area contributed by atoms with Crippen molar-refractivity contribution in [3.63, 3.8) is 0 Å². The van der Waals surface area contributed by atoms with E-state index in [9.17, 15) is 18.0 Å². The van der Waals surface area contributed by atoms with Crippen LogP contribution in [0.25, 0.3) is 0 Å². The Morgan fingerprint density at radius 1 is 1.35 bits per heavy atom. The molecule has 20 heavy (non-hydrogen) atoms. The fourth-order valence-corrected chi connectivity index (χ4v) is 2.16. The Balaban J connectivity index is 1.98. The highest BCUT2D eigenvalue weighted by Crippen LogP contribution is 2.20. The maximum atomic E-state index is 13.3. The zero-order valence-electron chi connectivity index (χ0n) is 10.4. The van der Waals surface area contributed by atoms with Crippen LogP contribution in [0.15, 0.2) is 29.7 Å². The maximum Gasteiger partial charge on any atom is 0.234 e. The quantitative estimate of drug-likeness (QED) is 0.697. The number of hydrogen-bond acceptors (Lipinski definition) is 3. The number of imidazole rings is 1. The van der Waals surface area contributed by atoms with Crippen LogP contribution >= 0.6 is 11.8 Å². The van der Waals surface area contributed by atoms with Gasteiger partial charge in [0.15, 0.2) is 22.6 Å².